The zero-order valence-corrected chi connectivity index (χ0v) is 11.5. The molecule has 1 N–H and O–H groups in total. The Balaban J connectivity index is 2.08. The van der Waals surface area contributed by atoms with Crippen LogP contribution >= 0.6 is 11.8 Å². The minimum Gasteiger partial charge on any atom is -0.493 e. The number of carbonyl (C=O) groups excluding carboxylic acids is 1. The highest BCUT2D eigenvalue weighted by Crippen LogP contribution is 2.12. The van der Waals surface area contributed by atoms with Crippen LogP contribution in [-0.4, -0.2) is 30.6 Å². The van der Waals surface area contributed by atoms with Crippen molar-refractivity contribution in [3.05, 3.63) is 42.5 Å². The molecule has 0 saturated carbocycles. The van der Waals surface area contributed by atoms with Crippen molar-refractivity contribution in [2.45, 2.75) is 6.92 Å². The smallest absolute Gasteiger partial charge is 0.230 e. The fourth-order valence-corrected chi connectivity index (χ4v) is 1.96. The van der Waals surface area contributed by atoms with Gasteiger partial charge in [-0.2, -0.15) is 0 Å². The second-order valence-electron chi connectivity index (χ2n) is 3.81. The molecule has 18 heavy (non-hydrogen) atoms. The summed E-state index contributed by atoms with van der Waals surface area (Å²) >= 11 is 1.56. The molecule has 1 aromatic rings. The molecular formula is C14H19NO2S. The standard InChI is InChI=1S/C14H19NO2S/c1-3-7-15-14(16)11-18-9-8-17-13-6-4-5-12(2)10-13/h3-6,10H,1,7-9,11H2,2H3,(H,15,16). The molecule has 98 valence electrons. The largest absolute Gasteiger partial charge is 0.493 e. The summed E-state index contributed by atoms with van der Waals surface area (Å²) < 4.78 is 5.58. The number of hydrogen-bond donors (Lipinski definition) is 1. The molecule has 0 bridgehead atoms. The average Bonchev–Trinajstić information content (AvgIpc) is 2.36. The van der Waals surface area contributed by atoms with E-state index in [0.717, 1.165) is 11.5 Å². The van der Waals surface area contributed by atoms with Gasteiger partial charge in [0.15, 0.2) is 0 Å². The third kappa shape index (κ3) is 6.35. The van der Waals surface area contributed by atoms with E-state index in [2.05, 4.69) is 11.9 Å². The third-order valence-electron chi connectivity index (χ3n) is 2.16. The Morgan fingerprint density at radius 1 is 1.56 bits per heavy atom. The van der Waals surface area contributed by atoms with Crippen molar-refractivity contribution in [1.29, 1.82) is 0 Å². The quantitative estimate of drug-likeness (QED) is 0.579. The van der Waals surface area contributed by atoms with Crippen LogP contribution in [0.1, 0.15) is 5.56 Å². The highest BCUT2D eigenvalue weighted by Gasteiger charge is 1.99. The van der Waals surface area contributed by atoms with E-state index in [0.29, 0.717) is 18.9 Å². The van der Waals surface area contributed by atoms with Crippen molar-refractivity contribution in [3.63, 3.8) is 0 Å². The van der Waals surface area contributed by atoms with Gasteiger partial charge in [0.05, 0.1) is 12.4 Å². The second kappa shape index (κ2) is 8.64. The molecule has 0 fully saturated rings. The van der Waals surface area contributed by atoms with Crippen molar-refractivity contribution in [1.82, 2.24) is 5.32 Å². The molecule has 0 aliphatic carbocycles. The molecule has 0 spiro atoms. The van der Waals surface area contributed by atoms with Crippen LogP contribution in [0.2, 0.25) is 0 Å². The summed E-state index contributed by atoms with van der Waals surface area (Å²) in [4.78, 5) is 11.3. The molecule has 0 atom stereocenters. The second-order valence-corrected chi connectivity index (χ2v) is 4.92. The monoisotopic (exact) mass is 265 g/mol. The van der Waals surface area contributed by atoms with Gasteiger partial charge in [0.25, 0.3) is 0 Å². The maximum atomic E-state index is 11.3. The summed E-state index contributed by atoms with van der Waals surface area (Å²) in [6.07, 6.45) is 1.67. The van der Waals surface area contributed by atoms with Gasteiger partial charge in [-0.15, -0.1) is 18.3 Å². The summed E-state index contributed by atoms with van der Waals surface area (Å²) in [5.74, 6) is 2.18. The molecule has 1 aromatic carbocycles. The number of benzene rings is 1. The van der Waals surface area contributed by atoms with Crippen LogP contribution in [0.15, 0.2) is 36.9 Å². The molecule has 0 aliphatic heterocycles. The topological polar surface area (TPSA) is 38.3 Å². The van der Waals surface area contributed by atoms with Gasteiger partial charge >= 0.3 is 0 Å². The van der Waals surface area contributed by atoms with Crippen LogP contribution in [0.4, 0.5) is 0 Å². The van der Waals surface area contributed by atoms with E-state index in [4.69, 9.17) is 4.74 Å². The van der Waals surface area contributed by atoms with Crippen LogP contribution < -0.4 is 10.1 Å². The zero-order chi connectivity index (χ0) is 13.2. The Kier molecular flexibility index (Phi) is 7.03. The minimum atomic E-state index is 0.0375. The highest BCUT2D eigenvalue weighted by molar-refractivity contribution is 7.99. The van der Waals surface area contributed by atoms with Crippen LogP contribution in [0.25, 0.3) is 0 Å². The lowest BCUT2D eigenvalue weighted by atomic mass is 10.2. The molecule has 0 heterocycles. The first-order valence-corrected chi connectivity index (χ1v) is 7.02. The van der Waals surface area contributed by atoms with E-state index in [1.807, 2.05) is 31.2 Å². The van der Waals surface area contributed by atoms with Crippen LogP contribution in [-0.2, 0) is 4.79 Å². The third-order valence-corrected chi connectivity index (χ3v) is 3.08. The number of nitrogens with one attached hydrogen (secondary N) is 1. The molecule has 0 saturated heterocycles. The van der Waals surface area contributed by atoms with Gasteiger partial charge in [-0.25, -0.2) is 0 Å². The molecule has 3 nitrogen and oxygen atoms in total. The number of amides is 1. The highest BCUT2D eigenvalue weighted by atomic mass is 32.2. The van der Waals surface area contributed by atoms with Crippen LogP contribution in [0.3, 0.4) is 0 Å². The van der Waals surface area contributed by atoms with E-state index < -0.39 is 0 Å². The van der Waals surface area contributed by atoms with E-state index in [1.165, 1.54) is 5.56 Å². The average molecular weight is 265 g/mol. The summed E-state index contributed by atoms with van der Waals surface area (Å²) in [6, 6.07) is 7.95. The van der Waals surface area contributed by atoms with Gasteiger partial charge in [-0.1, -0.05) is 18.2 Å². The Hall–Kier alpha value is -1.42. The maximum Gasteiger partial charge on any atom is 0.230 e. The van der Waals surface area contributed by atoms with Gasteiger partial charge in [0.1, 0.15) is 5.75 Å². The summed E-state index contributed by atoms with van der Waals surface area (Å²) in [7, 11) is 0. The summed E-state index contributed by atoms with van der Waals surface area (Å²) in [5, 5.41) is 2.73. The molecule has 0 radical (unpaired) electrons. The Morgan fingerprint density at radius 2 is 2.39 bits per heavy atom. The number of rotatable bonds is 8. The summed E-state index contributed by atoms with van der Waals surface area (Å²) in [6.45, 7) is 6.72. The zero-order valence-electron chi connectivity index (χ0n) is 10.6. The van der Waals surface area contributed by atoms with Crippen LogP contribution in [0, 0.1) is 6.92 Å². The number of aryl methyl sites for hydroxylation is 1. The van der Waals surface area contributed by atoms with E-state index in [9.17, 15) is 4.79 Å². The Labute approximate surface area is 113 Å². The van der Waals surface area contributed by atoms with Crippen LogP contribution in [0.5, 0.6) is 5.75 Å². The van der Waals surface area contributed by atoms with E-state index >= 15 is 0 Å². The first-order valence-electron chi connectivity index (χ1n) is 5.87. The predicted molar refractivity (Wildman–Crippen MR) is 77.2 cm³/mol. The maximum absolute atomic E-state index is 11.3. The fourth-order valence-electron chi connectivity index (χ4n) is 1.33. The van der Waals surface area contributed by atoms with Crippen molar-refractivity contribution in [3.8, 4) is 5.75 Å². The van der Waals surface area contributed by atoms with Gasteiger partial charge in [-0.05, 0) is 24.6 Å². The SMILES string of the molecule is C=CCNC(=O)CSCCOc1cccc(C)c1. The first kappa shape index (κ1) is 14.6. The van der Waals surface area contributed by atoms with Crippen molar-refractivity contribution < 1.29 is 9.53 Å². The molecule has 0 aromatic heterocycles. The number of carbonyl (C=O) groups is 1. The Bertz CT molecular complexity index is 393. The number of ether oxygens (including phenoxy) is 1. The van der Waals surface area contributed by atoms with E-state index in [1.54, 1.807) is 17.8 Å². The lowest BCUT2D eigenvalue weighted by Crippen LogP contribution is -2.25. The van der Waals surface area contributed by atoms with Crippen molar-refractivity contribution in [2.75, 3.05) is 24.7 Å². The van der Waals surface area contributed by atoms with Gasteiger partial charge in [0, 0.05) is 12.3 Å². The lowest BCUT2D eigenvalue weighted by molar-refractivity contribution is -0.118. The number of thioether (sulfide) groups is 1. The molecule has 1 rings (SSSR count). The molecule has 4 heteroatoms. The summed E-state index contributed by atoms with van der Waals surface area (Å²) in [5.41, 5.74) is 1.18. The molecule has 0 aliphatic rings. The van der Waals surface area contributed by atoms with E-state index in [-0.39, 0.29) is 5.91 Å². The minimum absolute atomic E-state index is 0.0375. The molecular weight excluding hydrogens is 246 g/mol. The first-order chi connectivity index (χ1) is 8.72. The lowest BCUT2D eigenvalue weighted by Gasteiger charge is -2.06. The van der Waals surface area contributed by atoms with Gasteiger partial charge < -0.3 is 10.1 Å². The molecule has 0 unspecified atom stereocenters. The van der Waals surface area contributed by atoms with Crippen molar-refractivity contribution >= 4 is 17.7 Å². The van der Waals surface area contributed by atoms with Gasteiger partial charge in [-0.3, -0.25) is 4.79 Å². The predicted octanol–water partition coefficient (Wildman–Crippen LogP) is 2.41. The Morgan fingerprint density at radius 3 is 3.11 bits per heavy atom. The van der Waals surface area contributed by atoms with Crippen molar-refractivity contribution in [2.24, 2.45) is 0 Å². The number of hydrogen-bond acceptors (Lipinski definition) is 3. The molecule has 1 amide bonds. The van der Waals surface area contributed by atoms with Gasteiger partial charge in [0.2, 0.25) is 5.91 Å². The normalized spacial score (nSPS) is 9.83. The fraction of sp³-hybridized carbons (Fsp3) is 0.357.